The number of rotatable bonds is 34. The standard InChI is InChI=1S/C41H84N/c1-3-5-7-9-11-13-15-17-19-21-23-25-27-29-31-34-38-42(40-36-33-37-41-42)39-35-32-30-28-26-24-22-20-18-16-14-12-10-8-6-4-2/h3-41H2,1-2H3/q+1. The normalized spacial score (nSPS) is 15.0. The van der Waals surface area contributed by atoms with Crippen molar-refractivity contribution in [2.75, 3.05) is 26.2 Å². The molecule has 252 valence electrons. The zero-order valence-electron chi connectivity index (χ0n) is 30.0. The fraction of sp³-hybridized carbons (Fsp3) is 1.00. The summed E-state index contributed by atoms with van der Waals surface area (Å²) in [5, 5.41) is 0. The van der Waals surface area contributed by atoms with Gasteiger partial charge >= 0.3 is 0 Å². The highest BCUT2D eigenvalue weighted by atomic mass is 15.3. The summed E-state index contributed by atoms with van der Waals surface area (Å²) < 4.78 is 1.50. The molecule has 42 heavy (non-hydrogen) atoms. The number of unbranched alkanes of at least 4 members (excludes halogenated alkanes) is 30. The topological polar surface area (TPSA) is 0 Å². The minimum absolute atomic E-state index is 1.37. The van der Waals surface area contributed by atoms with Crippen LogP contribution in [0, 0.1) is 0 Å². The maximum absolute atomic E-state index is 2.31. The van der Waals surface area contributed by atoms with Gasteiger partial charge in [-0.3, -0.25) is 0 Å². The first-order chi connectivity index (χ1) is 20.8. The van der Waals surface area contributed by atoms with Gasteiger partial charge in [0.1, 0.15) is 0 Å². The molecule has 0 radical (unpaired) electrons. The van der Waals surface area contributed by atoms with Gasteiger partial charge in [-0.05, 0) is 44.9 Å². The Morgan fingerprint density at radius 1 is 0.262 bits per heavy atom. The van der Waals surface area contributed by atoms with E-state index in [1.165, 1.54) is 255 Å². The monoisotopic (exact) mass is 591 g/mol. The van der Waals surface area contributed by atoms with Crippen molar-refractivity contribution in [3.63, 3.8) is 0 Å². The molecule has 0 aromatic carbocycles. The molecule has 0 unspecified atom stereocenters. The lowest BCUT2D eigenvalue weighted by molar-refractivity contribution is -0.932. The van der Waals surface area contributed by atoms with E-state index < -0.39 is 0 Å². The summed E-state index contributed by atoms with van der Waals surface area (Å²) in [7, 11) is 0. The van der Waals surface area contributed by atoms with Crippen molar-refractivity contribution in [1.29, 1.82) is 0 Å². The second kappa shape index (κ2) is 32.4. The molecule has 0 bridgehead atoms. The van der Waals surface area contributed by atoms with Crippen LogP contribution >= 0.6 is 0 Å². The smallest absolute Gasteiger partial charge is 0.0786 e. The summed E-state index contributed by atoms with van der Waals surface area (Å²) in [6.07, 6.45) is 51.9. The van der Waals surface area contributed by atoms with Crippen molar-refractivity contribution < 1.29 is 4.48 Å². The second-order valence-corrected chi connectivity index (χ2v) is 14.9. The third-order valence-electron chi connectivity index (χ3n) is 10.7. The van der Waals surface area contributed by atoms with Crippen molar-refractivity contribution in [1.82, 2.24) is 0 Å². The van der Waals surface area contributed by atoms with Crippen LogP contribution in [0.15, 0.2) is 0 Å². The van der Waals surface area contributed by atoms with Gasteiger partial charge in [0.25, 0.3) is 0 Å². The quantitative estimate of drug-likeness (QED) is 0.0516. The number of likely N-dealkylation sites (tertiary alicyclic amines) is 1. The molecule has 0 aliphatic carbocycles. The van der Waals surface area contributed by atoms with E-state index in [0.717, 1.165) is 0 Å². The summed E-state index contributed by atoms with van der Waals surface area (Å²) in [6.45, 7) is 10.6. The van der Waals surface area contributed by atoms with Gasteiger partial charge < -0.3 is 4.48 Å². The lowest BCUT2D eigenvalue weighted by atomic mass is 10.0. The molecule has 1 fully saturated rings. The van der Waals surface area contributed by atoms with E-state index in [9.17, 15) is 0 Å². The van der Waals surface area contributed by atoms with E-state index in [1.807, 2.05) is 0 Å². The van der Waals surface area contributed by atoms with Crippen LogP contribution in [-0.2, 0) is 0 Å². The predicted octanol–water partition coefficient (Wildman–Crippen LogP) is 14.5. The van der Waals surface area contributed by atoms with Crippen molar-refractivity contribution >= 4 is 0 Å². The summed E-state index contributed by atoms with van der Waals surface area (Å²) in [5.41, 5.74) is 0. The van der Waals surface area contributed by atoms with Crippen LogP contribution in [0.1, 0.15) is 239 Å². The van der Waals surface area contributed by atoms with Crippen LogP contribution in [0.2, 0.25) is 0 Å². The minimum atomic E-state index is 1.37. The van der Waals surface area contributed by atoms with Crippen molar-refractivity contribution in [3.8, 4) is 0 Å². The minimum Gasteiger partial charge on any atom is -0.324 e. The van der Waals surface area contributed by atoms with Crippen LogP contribution in [0.5, 0.6) is 0 Å². The highest BCUT2D eigenvalue weighted by molar-refractivity contribution is 4.58. The van der Waals surface area contributed by atoms with Gasteiger partial charge in [-0.15, -0.1) is 0 Å². The van der Waals surface area contributed by atoms with E-state index in [-0.39, 0.29) is 0 Å². The van der Waals surface area contributed by atoms with Crippen LogP contribution in [-0.4, -0.2) is 30.7 Å². The Bertz CT molecular complexity index is 455. The Hall–Kier alpha value is -0.0400. The molecule has 0 aromatic rings. The molecule has 0 N–H and O–H groups in total. The predicted molar refractivity (Wildman–Crippen MR) is 193 cm³/mol. The SMILES string of the molecule is CCCCCCCCCCCCCCCCCC[N+]1(CCCCCCCCCCCCCCCCCC)CCCCC1. The molecular weight excluding hydrogens is 506 g/mol. The van der Waals surface area contributed by atoms with E-state index in [0.29, 0.717) is 0 Å². The zero-order valence-corrected chi connectivity index (χ0v) is 30.0. The maximum atomic E-state index is 2.31. The molecule has 1 saturated heterocycles. The Kier molecular flexibility index (Phi) is 30.8. The Balaban J connectivity index is 1.90. The lowest BCUT2D eigenvalue weighted by Crippen LogP contribution is -2.52. The lowest BCUT2D eigenvalue weighted by Gasteiger charge is -2.42. The Labute approximate surface area is 268 Å². The highest BCUT2D eigenvalue weighted by Crippen LogP contribution is 2.23. The molecule has 0 amide bonds. The number of hydrogen-bond donors (Lipinski definition) is 0. The largest absolute Gasteiger partial charge is 0.324 e. The number of piperidine rings is 1. The summed E-state index contributed by atoms with van der Waals surface area (Å²) >= 11 is 0. The van der Waals surface area contributed by atoms with Gasteiger partial charge in [-0.2, -0.15) is 0 Å². The molecular formula is C41H84N+. The van der Waals surface area contributed by atoms with E-state index in [2.05, 4.69) is 13.8 Å². The molecule has 1 aliphatic heterocycles. The van der Waals surface area contributed by atoms with E-state index in [1.54, 1.807) is 0 Å². The molecule has 0 aromatic heterocycles. The molecule has 1 heterocycles. The average Bonchev–Trinajstić information content (AvgIpc) is 3.01. The highest BCUT2D eigenvalue weighted by Gasteiger charge is 2.28. The van der Waals surface area contributed by atoms with Gasteiger partial charge in [-0.1, -0.05) is 194 Å². The summed E-state index contributed by atoms with van der Waals surface area (Å²) in [4.78, 5) is 0. The van der Waals surface area contributed by atoms with Crippen molar-refractivity contribution in [2.24, 2.45) is 0 Å². The fourth-order valence-corrected chi connectivity index (χ4v) is 7.73. The fourth-order valence-electron chi connectivity index (χ4n) is 7.73. The average molecular weight is 591 g/mol. The van der Waals surface area contributed by atoms with Gasteiger partial charge in [0.15, 0.2) is 0 Å². The van der Waals surface area contributed by atoms with Crippen molar-refractivity contribution in [3.05, 3.63) is 0 Å². The Morgan fingerprint density at radius 3 is 0.714 bits per heavy atom. The molecule has 1 nitrogen and oxygen atoms in total. The molecule has 0 atom stereocenters. The number of nitrogens with zero attached hydrogens (tertiary/aromatic N) is 1. The van der Waals surface area contributed by atoms with E-state index >= 15 is 0 Å². The number of hydrogen-bond acceptors (Lipinski definition) is 0. The number of quaternary nitrogens is 1. The molecule has 0 saturated carbocycles. The summed E-state index contributed by atoms with van der Waals surface area (Å²) in [5.74, 6) is 0. The van der Waals surface area contributed by atoms with Crippen LogP contribution in [0.4, 0.5) is 0 Å². The third-order valence-corrected chi connectivity index (χ3v) is 10.7. The van der Waals surface area contributed by atoms with E-state index in [4.69, 9.17) is 0 Å². The zero-order chi connectivity index (χ0) is 30.1. The van der Waals surface area contributed by atoms with Crippen LogP contribution in [0.3, 0.4) is 0 Å². The first-order valence-electron chi connectivity index (χ1n) is 20.7. The van der Waals surface area contributed by atoms with Gasteiger partial charge in [-0.25, -0.2) is 0 Å². The Morgan fingerprint density at radius 2 is 0.476 bits per heavy atom. The molecule has 1 heteroatoms. The maximum Gasteiger partial charge on any atom is 0.0786 e. The van der Waals surface area contributed by atoms with Gasteiger partial charge in [0.05, 0.1) is 26.2 Å². The first-order valence-corrected chi connectivity index (χ1v) is 20.7. The van der Waals surface area contributed by atoms with Crippen LogP contribution in [0.25, 0.3) is 0 Å². The summed E-state index contributed by atoms with van der Waals surface area (Å²) in [6, 6.07) is 0. The third kappa shape index (κ3) is 26.4. The first kappa shape index (κ1) is 40.0. The van der Waals surface area contributed by atoms with Gasteiger partial charge in [0, 0.05) is 0 Å². The molecule has 1 rings (SSSR count). The molecule has 1 aliphatic rings. The van der Waals surface area contributed by atoms with Crippen molar-refractivity contribution in [2.45, 2.75) is 239 Å². The molecule has 0 spiro atoms. The van der Waals surface area contributed by atoms with Gasteiger partial charge in [0.2, 0.25) is 0 Å². The van der Waals surface area contributed by atoms with Crippen LogP contribution < -0.4 is 0 Å². The second-order valence-electron chi connectivity index (χ2n) is 14.9.